The van der Waals surface area contributed by atoms with E-state index in [1.165, 1.54) is 16.2 Å². The van der Waals surface area contributed by atoms with Crippen LogP contribution < -0.4 is 4.90 Å². The fraction of sp³-hybridized carbons (Fsp3) is 0.545. The summed E-state index contributed by atoms with van der Waals surface area (Å²) in [7, 11) is 0. The molecule has 2 aliphatic heterocycles. The summed E-state index contributed by atoms with van der Waals surface area (Å²) in [4.78, 5) is 33.3. The average molecular weight is 733 g/mol. The van der Waals surface area contributed by atoms with E-state index in [4.69, 9.17) is 27.9 Å². The number of aromatic carboxylic acids is 1. The molecule has 2 saturated heterocycles. The fourth-order valence-corrected chi connectivity index (χ4v) is 9.18. The van der Waals surface area contributed by atoms with Gasteiger partial charge >= 0.3 is 12.1 Å². The molecule has 3 aromatic rings. The number of alkyl halides is 5. The maximum absolute atomic E-state index is 13.8. The van der Waals surface area contributed by atoms with E-state index in [9.17, 15) is 36.6 Å². The van der Waals surface area contributed by atoms with Gasteiger partial charge in [-0.3, -0.25) is 4.79 Å². The molecule has 0 bridgehead atoms. The van der Waals surface area contributed by atoms with Gasteiger partial charge in [-0.25, -0.2) is 18.6 Å². The number of carbonyl (C=O) groups excluding carboxylic acids is 1. The lowest BCUT2D eigenvalue weighted by Crippen LogP contribution is -2.65. The number of aromatic nitrogens is 1. The number of hydrogen-bond donors (Lipinski definition) is 1. The van der Waals surface area contributed by atoms with Gasteiger partial charge in [0, 0.05) is 50.4 Å². The molecule has 2 saturated carbocycles. The first-order valence-corrected chi connectivity index (χ1v) is 17.4. The molecule has 7 rings (SSSR count). The quantitative estimate of drug-likeness (QED) is 0.234. The Hall–Kier alpha value is -2.74. The zero-order valence-corrected chi connectivity index (χ0v) is 27.9. The number of thiazole rings is 1. The molecule has 2 aliphatic carbocycles. The third-order valence-corrected chi connectivity index (χ3v) is 12.4. The molecular formula is C33H32Cl2F5N3O4S. The van der Waals surface area contributed by atoms with Crippen LogP contribution in [0.1, 0.15) is 65.9 Å². The minimum Gasteiger partial charge on any atom is -0.478 e. The summed E-state index contributed by atoms with van der Waals surface area (Å²) in [5.41, 5.74) is 1.10. The van der Waals surface area contributed by atoms with Gasteiger partial charge in [-0.05, 0) is 48.8 Å². The van der Waals surface area contributed by atoms with Gasteiger partial charge in [-0.15, -0.1) is 11.3 Å². The largest absolute Gasteiger partial charge is 0.478 e. The maximum Gasteiger partial charge on any atom is 0.403 e. The van der Waals surface area contributed by atoms with Gasteiger partial charge in [0.05, 0.1) is 44.7 Å². The Morgan fingerprint density at radius 2 is 1.79 bits per heavy atom. The molecular weight excluding hydrogens is 700 g/mol. The van der Waals surface area contributed by atoms with Gasteiger partial charge in [0.2, 0.25) is 11.8 Å². The summed E-state index contributed by atoms with van der Waals surface area (Å²) in [6, 6.07) is 6.78. The van der Waals surface area contributed by atoms with Crippen LogP contribution in [0.3, 0.4) is 0 Å². The number of carboxylic acids is 1. The number of nitrogens with zero attached hydrogens (tertiary/aromatic N) is 3. The van der Waals surface area contributed by atoms with Crippen molar-refractivity contribution in [3.63, 3.8) is 0 Å². The number of rotatable bonds is 8. The lowest BCUT2D eigenvalue weighted by Gasteiger charge is -2.52. The zero-order chi connectivity index (χ0) is 34.2. The number of fused-ring (bicyclic) bond motifs is 1. The number of amides is 1. The van der Waals surface area contributed by atoms with E-state index in [2.05, 4.69) is 9.88 Å². The molecule has 2 aromatic carbocycles. The Bertz CT molecular complexity index is 1770. The van der Waals surface area contributed by atoms with E-state index in [0.29, 0.717) is 39.8 Å². The average Bonchev–Trinajstić information content (AvgIpc) is 3.55. The second-order valence-corrected chi connectivity index (χ2v) is 15.4. The van der Waals surface area contributed by atoms with Gasteiger partial charge in [0.25, 0.3) is 0 Å². The first-order valence-electron chi connectivity index (χ1n) is 15.8. The molecule has 7 nitrogen and oxygen atoms in total. The number of ether oxygens (including phenoxy) is 1. The predicted octanol–water partition coefficient (Wildman–Crippen LogP) is 8.42. The van der Waals surface area contributed by atoms with Crippen LogP contribution >= 0.6 is 34.5 Å². The lowest BCUT2D eigenvalue weighted by molar-refractivity contribution is -0.205. The third-order valence-electron chi connectivity index (χ3n) is 10.8. The van der Waals surface area contributed by atoms with E-state index in [-0.39, 0.29) is 82.2 Å². The molecule has 4 fully saturated rings. The van der Waals surface area contributed by atoms with Crippen molar-refractivity contribution >= 4 is 62.3 Å². The SMILES string of the molecule is O=C(O)c1c(COC[C@@H]2CN(c3cc(Cl)c(Cl)c4ncsc34)CC23CN(C(=O)C2(C(F)(F)F)CC2)C3)cccc1C1CCC(F)(F)CC1. The van der Waals surface area contributed by atoms with E-state index < -0.39 is 34.8 Å². The number of benzene rings is 2. The second kappa shape index (κ2) is 11.9. The zero-order valence-electron chi connectivity index (χ0n) is 25.6. The summed E-state index contributed by atoms with van der Waals surface area (Å²) >= 11 is 14.3. The van der Waals surface area contributed by atoms with Gasteiger partial charge in [-0.2, -0.15) is 13.2 Å². The molecule has 1 atom stereocenters. The summed E-state index contributed by atoms with van der Waals surface area (Å²) < 4.78 is 76.1. The van der Waals surface area contributed by atoms with Crippen LogP contribution in [0.4, 0.5) is 27.6 Å². The van der Waals surface area contributed by atoms with Crippen molar-refractivity contribution in [2.24, 2.45) is 16.7 Å². The Labute approximate surface area is 286 Å². The predicted molar refractivity (Wildman–Crippen MR) is 171 cm³/mol. The number of carboxylic acid groups (broad SMARTS) is 1. The summed E-state index contributed by atoms with van der Waals surface area (Å²) in [5, 5.41) is 10.8. The molecule has 15 heteroatoms. The Morgan fingerprint density at radius 3 is 2.44 bits per heavy atom. The highest BCUT2D eigenvalue weighted by atomic mass is 35.5. The van der Waals surface area contributed by atoms with Gasteiger partial charge in [0.15, 0.2) is 0 Å². The van der Waals surface area contributed by atoms with Crippen molar-refractivity contribution in [3.8, 4) is 0 Å². The van der Waals surface area contributed by atoms with Gasteiger partial charge in [0.1, 0.15) is 10.9 Å². The first-order chi connectivity index (χ1) is 22.6. The fourth-order valence-electron chi connectivity index (χ4n) is 7.89. The number of hydrogen-bond acceptors (Lipinski definition) is 6. The van der Waals surface area contributed by atoms with Crippen molar-refractivity contribution in [1.29, 1.82) is 0 Å². The highest BCUT2D eigenvalue weighted by Crippen LogP contribution is 2.60. The Balaban J connectivity index is 1.12. The monoisotopic (exact) mass is 731 g/mol. The summed E-state index contributed by atoms with van der Waals surface area (Å²) in [5.74, 6) is -5.33. The minimum absolute atomic E-state index is 0.0566. The minimum atomic E-state index is -4.61. The van der Waals surface area contributed by atoms with Gasteiger partial charge in [-0.1, -0.05) is 41.4 Å². The van der Waals surface area contributed by atoms with Crippen molar-refractivity contribution in [2.75, 3.05) is 37.7 Å². The Kier molecular flexibility index (Phi) is 8.40. The number of anilines is 1. The standard InChI is InChI=1S/C33H32Cl2F5N3O4S/c34-22-10-23(27-26(25(22)35)41-17-48-27)42-11-20(30(14-42)15-43(16-30)29(46)31(8-9-31)33(38,39)40)13-47-12-19-2-1-3-21(24(19)28(44)45)18-4-6-32(36,37)7-5-18/h1-3,10,17-18,20H,4-9,11-16H2,(H,44,45)/t20-/m0/s1. The molecule has 258 valence electrons. The Morgan fingerprint density at radius 1 is 1.08 bits per heavy atom. The van der Waals surface area contributed by atoms with Crippen LogP contribution in [-0.2, 0) is 16.1 Å². The van der Waals surface area contributed by atoms with E-state index in [1.807, 2.05) is 0 Å². The topological polar surface area (TPSA) is 83.0 Å². The van der Waals surface area contributed by atoms with E-state index in [1.54, 1.807) is 29.8 Å². The molecule has 0 unspecified atom stereocenters. The number of halogens is 7. The number of carbonyl (C=O) groups is 2. The third kappa shape index (κ3) is 5.72. The van der Waals surface area contributed by atoms with E-state index >= 15 is 0 Å². The molecule has 0 radical (unpaired) electrons. The van der Waals surface area contributed by atoms with Gasteiger partial charge < -0.3 is 19.6 Å². The summed E-state index contributed by atoms with van der Waals surface area (Å²) in [6.45, 7) is 1.22. The van der Waals surface area contributed by atoms with Crippen LogP contribution in [0.15, 0.2) is 29.8 Å². The van der Waals surface area contributed by atoms with Crippen molar-refractivity contribution < 1.29 is 41.4 Å². The highest BCUT2D eigenvalue weighted by molar-refractivity contribution is 7.17. The normalized spacial score (nSPS) is 23.1. The maximum atomic E-state index is 13.8. The van der Waals surface area contributed by atoms with Crippen LogP contribution in [0.5, 0.6) is 0 Å². The molecule has 1 spiro atoms. The van der Waals surface area contributed by atoms with Crippen molar-refractivity contribution in [2.45, 2.75) is 63.1 Å². The van der Waals surface area contributed by atoms with Crippen molar-refractivity contribution in [1.82, 2.24) is 9.88 Å². The molecule has 1 aromatic heterocycles. The van der Waals surface area contributed by atoms with Crippen LogP contribution in [0.2, 0.25) is 10.0 Å². The van der Waals surface area contributed by atoms with Crippen LogP contribution in [-0.4, -0.2) is 71.8 Å². The van der Waals surface area contributed by atoms with Crippen LogP contribution in [0.25, 0.3) is 10.2 Å². The smallest absolute Gasteiger partial charge is 0.403 e. The molecule has 3 heterocycles. The first kappa shape index (κ1) is 33.7. The molecule has 4 aliphatic rings. The summed E-state index contributed by atoms with van der Waals surface area (Å²) in [6.07, 6.45) is -5.25. The highest BCUT2D eigenvalue weighted by Gasteiger charge is 2.71. The second-order valence-electron chi connectivity index (χ2n) is 13.7. The van der Waals surface area contributed by atoms with Crippen molar-refractivity contribution in [3.05, 3.63) is 56.5 Å². The molecule has 1 amide bonds. The van der Waals surface area contributed by atoms with E-state index in [0.717, 1.165) is 10.4 Å². The molecule has 48 heavy (non-hydrogen) atoms. The lowest BCUT2D eigenvalue weighted by atomic mass is 9.71. The van der Waals surface area contributed by atoms with Crippen LogP contribution in [0, 0.1) is 16.7 Å². The molecule has 1 N–H and O–H groups in total. The number of likely N-dealkylation sites (tertiary alicyclic amines) is 1.